The summed E-state index contributed by atoms with van der Waals surface area (Å²) in [5.41, 5.74) is 0.843. The summed E-state index contributed by atoms with van der Waals surface area (Å²) in [4.78, 5) is 26.2. The van der Waals surface area contributed by atoms with E-state index in [0.717, 1.165) is 44.9 Å². The highest BCUT2D eigenvalue weighted by atomic mass is 16.5. The van der Waals surface area contributed by atoms with Gasteiger partial charge in [0.1, 0.15) is 5.78 Å². The number of carbonyl (C=O) groups excluding carboxylic acids is 2. The SMILES string of the molecule is COC(=O)[C@]12CCC(C)(C)CC1[C@]1(C)CC[C@]3(C)C(CC[C@@]4(C)[C@H]3CCC(=O)[C@@H]4C)[C@@]1(C)CC2. The summed E-state index contributed by atoms with van der Waals surface area (Å²) >= 11 is 0. The summed E-state index contributed by atoms with van der Waals surface area (Å²) in [6, 6.07) is 0. The Morgan fingerprint density at radius 2 is 1.38 bits per heavy atom. The third-order valence-electron chi connectivity index (χ3n) is 13.9. The molecule has 2 unspecified atom stereocenters. The molecule has 5 rings (SSSR count). The van der Waals surface area contributed by atoms with Crippen molar-refractivity contribution in [3.05, 3.63) is 0 Å². The smallest absolute Gasteiger partial charge is 0.312 e. The van der Waals surface area contributed by atoms with Gasteiger partial charge in [0.2, 0.25) is 0 Å². The number of fused-ring (bicyclic) bond motifs is 7. The largest absolute Gasteiger partial charge is 0.469 e. The summed E-state index contributed by atoms with van der Waals surface area (Å²) in [6.45, 7) is 17.3. The van der Waals surface area contributed by atoms with Gasteiger partial charge in [0, 0.05) is 12.3 Å². The van der Waals surface area contributed by atoms with Gasteiger partial charge in [0.05, 0.1) is 12.5 Å². The molecule has 0 N–H and O–H groups in total. The molecule has 0 spiro atoms. The van der Waals surface area contributed by atoms with Gasteiger partial charge in [-0.2, -0.15) is 0 Å². The van der Waals surface area contributed by atoms with Crippen LogP contribution >= 0.6 is 0 Å². The van der Waals surface area contributed by atoms with E-state index in [1.807, 2.05) is 0 Å². The van der Waals surface area contributed by atoms with Gasteiger partial charge in [-0.25, -0.2) is 0 Å². The standard InChI is InChI=1S/C31H50O3/c1-20-21(32)9-10-22-27(20,4)12-11-23-28(22,5)14-15-30(7)24-19-26(2,3)13-17-31(24,25(33)34-8)18-16-29(23,30)6/h20,22-24H,9-19H2,1-8H3/t20-,22+,23?,24?,27+,28-,29+,30-,31-/m0/s1. The zero-order chi connectivity index (χ0) is 24.9. The summed E-state index contributed by atoms with van der Waals surface area (Å²) < 4.78 is 5.54. The molecule has 192 valence electrons. The van der Waals surface area contributed by atoms with E-state index in [1.54, 1.807) is 7.11 Å². The second-order valence-corrected chi connectivity index (χ2v) is 15.3. The Kier molecular flexibility index (Phi) is 5.36. The highest BCUT2D eigenvalue weighted by molar-refractivity contribution is 5.82. The average molecular weight is 471 g/mol. The lowest BCUT2D eigenvalue weighted by Gasteiger charge is -2.74. The fraction of sp³-hybridized carbons (Fsp3) is 0.935. The maximum absolute atomic E-state index is 13.4. The maximum Gasteiger partial charge on any atom is 0.312 e. The first-order valence-corrected chi connectivity index (χ1v) is 14.3. The van der Waals surface area contributed by atoms with Crippen molar-refractivity contribution in [3.63, 3.8) is 0 Å². The minimum Gasteiger partial charge on any atom is -0.469 e. The predicted molar refractivity (Wildman–Crippen MR) is 136 cm³/mol. The zero-order valence-corrected chi connectivity index (χ0v) is 23.3. The first kappa shape index (κ1) is 24.8. The monoisotopic (exact) mass is 470 g/mol. The molecule has 0 radical (unpaired) electrons. The van der Waals surface area contributed by atoms with Gasteiger partial charge in [-0.1, -0.05) is 48.5 Å². The Balaban J connectivity index is 1.57. The first-order valence-electron chi connectivity index (χ1n) is 14.3. The van der Waals surface area contributed by atoms with Crippen molar-refractivity contribution in [1.82, 2.24) is 0 Å². The molecule has 5 aliphatic carbocycles. The van der Waals surface area contributed by atoms with Crippen molar-refractivity contribution in [2.24, 2.45) is 56.2 Å². The van der Waals surface area contributed by atoms with Crippen LogP contribution in [0.5, 0.6) is 0 Å². The van der Waals surface area contributed by atoms with Crippen LogP contribution in [0.25, 0.3) is 0 Å². The van der Waals surface area contributed by atoms with E-state index in [1.165, 1.54) is 25.7 Å². The van der Waals surface area contributed by atoms with Crippen molar-refractivity contribution >= 4 is 11.8 Å². The lowest BCUT2D eigenvalue weighted by Crippen LogP contribution is -2.69. The van der Waals surface area contributed by atoms with Gasteiger partial charge >= 0.3 is 5.97 Å². The Morgan fingerprint density at radius 1 is 0.765 bits per heavy atom. The van der Waals surface area contributed by atoms with Crippen molar-refractivity contribution in [2.45, 2.75) is 119 Å². The lowest BCUT2D eigenvalue weighted by atomic mass is 9.30. The number of esters is 1. The Morgan fingerprint density at radius 3 is 2.06 bits per heavy atom. The quantitative estimate of drug-likeness (QED) is 0.370. The van der Waals surface area contributed by atoms with Crippen LogP contribution in [0.3, 0.4) is 0 Å². The minimum atomic E-state index is -0.290. The average Bonchev–Trinajstić information content (AvgIpc) is 2.78. The van der Waals surface area contributed by atoms with Crippen LogP contribution in [0.15, 0.2) is 0 Å². The van der Waals surface area contributed by atoms with Gasteiger partial charge in [0.15, 0.2) is 0 Å². The number of ketones is 1. The minimum absolute atomic E-state index is 0.0699. The number of methoxy groups -OCH3 is 1. The van der Waals surface area contributed by atoms with Gasteiger partial charge in [-0.05, 0) is 109 Å². The molecule has 3 nitrogen and oxygen atoms in total. The first-order chi connectivity index (χ1) is 15.7. The maximum atomic E-state index is 13.4. The Labute approximate surface area is 208 Å². The molecular formula is C31H50O3. The van der Waals surface area contributed by atoms with Crippen molar-refractivity contribution in [3.8, 4) is 0 Å². The molecule has 0 aliphatic heterocycles. The highest BCUT2D eigenvalue weighted by Gasteiger charge is 2.72. The molecule has 34 heavy (non-hydrogen) atoms. The lowest BCUT2D eigenvalue weighted by molar-refractivity contribution is -0.259. The van der Waals surface area contributed by atoms with Crippen LogP contribution < -0.4 is 0 Å². The molecule has 0 heterocycles. The van der Waals surface area contributed by atoms with Crippen molar-refractivity contribution < 1.29 is 14.3 Å². The number of carbonyl (C=O) groups is 2. The van der Waals surface area contributed by atoms with E-state index in [9.17, 15) is 9.59 Å². The summed E-state index contributed by atoms with van der Waals surface area (Å²) in [6.07, 6.45) is 12.2. The second-order valence-electron chi connectivity index (χ2n) is 15.3. The molecule has 0 aromatic rings. The fourth-order valence-electron chi connectivity index (χ4n) is 11.4. The molecule has 9 atom stereocenters. The van der Waals surface area contributed by atoms with E-state index >= 15 is 0 Å². The van der Waals surface area contributed by atoms with Crippen LogP contribution in [0.4, 0.5) is 0 Å². The predicted octanol–water partition coefficient (Wildman–Crippen LogP) is 7.61. The number of rotatable bonds is 1. The molecular weight excluding hydrogens is 420 g/mol. The molecule has 0 amide bonds. The van der Waals surface area contributed by atoms with Gasteiger partial charge in [-0.15, -0.1) is 0 Å². The second kappa shape index (κ2) is 7.34. The summed E-state index contributed by atoms with van der Waals surface area (Å²) in [5.74, 6) is 2.49. The topological polar surface area (TPSA) is 43.4 Å². The van der Waals surface area contributed by atoms with E-state index in [0.29, 0.717) is 29.0 Å². The molecule has 5 saturated carbocycles. The van der Waals surface area contributed by atoms with Gasteiger partial charge in [0.25, 0.3) is 0 Å². The zero-order valence-electron chi connectivity index (χ0n) is 23.3. The molecule has 0 saturated heterocycles. The van der Waals surface area contributed by atoms with Crippen LogP contribution in [-0.4, -0.2) is 18.9 Å². The number of ether oxygens (including phenoxy) is 1. The van der Waals surface area contributed by atoms with Crippen molar-refractivity contribution in [1.29, 1.82) is 0 Å². The van der Waals surface area contributed by atoms with Gasteiger partial charge < -0.3 is 4.74 Å². The number of Topliss-reactive ketones (excluding diaryl/α,β-unsaturated/α-hetero) is 1. The Bertz CT molecular complexity index is 891. The molecule has 0 bridgehead atoms. The number of hydrogen-bond donors (Lipinski definition) is 0. The van der Waals surface area contributed by atoms with Crippen molar-refractivity contribution in [2.75, 3.05) is 7.11 Å². The van der Waals surface area contributed by atoms with E-state index < -0.39 is 0 Å². The molecule has 5 fully saturated rings. The van der Waals surface area contributed by atoms with Crippen LogP contribution in [-0.2, 0) is 14.3 Å². The van der Waals surface area contributed by atoms with E-state index in [2.05, 4.69) is 48.5 Å². The molecule has 0 aromatic carbocycles. The number of hydrogen-bond acceptors (Lipinski definition) is 3. The highest BCUT2D eigenvalue weighted by Crippen LogP contribution is 2.78. The van der Waals surface area contributed by atoms with Crippen LogP contribution in [0.2, 0.25) is 0 Å². The Hall–Kier alpha value is -0.860. The van der Waals surface area contributed by atoms with E-state index in [4.69, 9.17) is 4.74 Å². The van der Waals surface area contributed by atoms with Crippen LogP contribution in [0, 0.1) is 56.2 Å². The molecule has 0 aromatic heterocycles. The normalized spacial score (nSPS) is 54.2. The molecule has 5 aliphatic rings. The van der Waals surface area contributed by atoms with E-state index in [-0.39, 0.29) is 39.0 Å². The fourth-order valence-corrected chi connectivity index (χ4v) is 11.4. The molecule has 3 heteroatoms. The summed E-state index contributed by atoms with van der Waals surface area (Å²) in [5, 5.41) is 0. The third kappa shape index (κ3) is 2.88. The summed E-state index contributed by atoms with van der Waals surface area (Å²) in [7, 11) is 1.61. The van der Waals surface area contributed by atoms with Gasteiger partial charge in [-0.3, -0.25) is 9.59 Å². The third-order valence-corrected chi connectivity index (χ3v) is 13.9. The van der Waals surface area contributed by atoms with Crippen LogP contribution in [0.1, 0.15) is 119 Å².